The number of nitrogens with two attached hydrogens (primary N) is 2. The molecule has 0 radical (unpaired) electrons. The molecule has 0 aliphatic heterocycles. The molecule has 4 nitrogen and oxygen atoms in total. The Bertz CT molecular complexity index is 474. The lowest BCUT2D eigenvalue weighted by molar-refractivity contribution is -0.119. The number of amides is 1. The normalized spacial score (nSPS) is 13.8. The largest absolute Gasteiger partial charge is 0.368 e. The Kier molecular flexibility index (Phi) is 3.69. The Morgan fingerprint density at radius 2 is 1.56 bits per heavy atom. The van der Waals surface area contributed by atoms with Gasteiger partial charge in [-0.05, 0) is 23.3 Å². The summed E-state index contributed by atoms with van der Waals surface area (Å²) in [5.41, 5.74) is 13.2. The van der Waals surface area contributed by atoms with Crippen LogP contribution >= 0.6 is 0 Å². The summed E-state index contributed by atoms with van der Waals surface area (Å²) >= 11 is 0. The van der Waals surface area contributed by atoms with Gasteiger partial charge in [-0.25, -0.2) is 0 Å². The van der Waals surface area contributed by atoms with E-state index < -0.39 is 11.9 Å². The molecule has 2 aromatic rings. The van der Waals surface area contributed by atoms with Crippen molar-refractivity contribution in [3.05, 3.63) is 66.0 Å². The maximum atomic E-state index is 11.4. The van der Waals surface area contributed by atoms with E-state index in [2.05, 4.69) is 4.98 Å². The van der Waals surface area contributed by atoms with Crippen LogP contribution in [0.3, 0.4) is 0 Å². The van der Waals surface area contributed by atoms with Gasteiger partial charge >= 0.3 is 0 Å². The van der Waals surface area contributed by atoms with Crippen LogP contribution in [-0.4, -0.2) is 16.9 Å². The molecule has 2 atom stereocenters. The molecule has 0 aliphatic carbocycles. The molecule has 4 N–H and O–H groups in total. The van der Waals surface area contributed by atoms with Crippen LogP contribution in [0, 0.1) is 0 Å². The van der Waals surface area contributed by atoms with Crippen LogP contribution in [0.4, 0.5) is 0 Å². The molecule has 0 saturated carbocycles. The molecular formula is C14H15N3O. The molecule has 0 saturated heterocycles. The minimum atomic E-state index is -0.755. The first-order valence-electron chi connectivity index (χ1n) is 5.70. The van der Waals surface area contributed by atoms with E-state index in [1.165, 1.54) is 0 Å². The molecule has 2 rings (SSSR count). The predicted octanol–water partition coefficient (Wildman–Crippen LogP) is 1.03. The number of carbonyl (C=O) groups is 1. The van der Waals surface area contributed by atoms with Crippen molar-refractivity contribution < 1.29 is 4.79 Å². The number of aromatic nitrogens is 1. The maximum Gasteiger partial charge on any atom is 0.235 e. The van der Waals surface area contributed by atoms with E-state index in [1.807, 2.05) is 42.5 Å². The van der Waals surface area contributed by atoms with Crippen molar-refractivity contribution in [2.45, 2.75) is 12.0 Å². The van der Waals surface area contributed by atoms with Gasteiger partial charge in [0.2, 0.25) is 5.91 Å². The number of rotatable bonds is 4. The lowest BCUT2D eigenvalue weighted by Gasteiger charge is -2.22. The molecule has 1 heterocycles. The van der Waals surface area contributed by atoms with E-state index in [-0.39, 0.29) is 5.92 Å². The third kappa shape index (κ3) is 2.55. The molecule has 1 aromatic carbocycles. The Hall–Kier alpha value is -2.20. The van der Waals surface area contributed by atoms with Gasteiger partial charge in [0.15, 0.2) is 0 Å². The highest BCUT2D eigenvalue weighted by Gasteiger charge is 2.25. The maximum absolute atomic E-state index is 11.4. The van der Waals surface area contributed by atoms with Crippen LogP contribution in [-0.2, 0) is 4.79 Å². The summed E-state index contributed by atoms with van der Waals surface area (Å²) in [6.07, 6.45) is 3.36. The van der Waals surface area contributed by atoms with E-state index in [0.29, 0.717) is 0 Å². The predicted molar refractivity (Wildman–Crippen MR) is 69.7 cm³/mol. The topological polar surface area (TPSA) is 82.0 Å². The van der Waals surface area contributed by atoms with Gasteiger partial charge in [-0.2, -0.15) is 0 Å². The molecule has 0 fully saturated rings. The van der Waals surface area contributed by atoms with E-state index in [9.17, 15) is 4.79 Å². The lowest BCUT2D eigenvalue weighted by Crippen LogP contribution is -2.41. The van der Waals surface area contributed by atoms with Gasteiger partial charge in [0.25, 0.3) is 0 Å². The highest BCUT2D eigenvalue weighted by molar-refractivity contribution is 5.81. The summed E-state index contributed by atoms with van der Waals surface area (Å²) in [6.45, 7) is 0. The monoisotopic (exact) mass is 241 g/mol. The number of primary amides is 1. The molecule has 1 unspecified atom stereocenters. The van der Waals surface area contributed by atoms with Crippen LogP contribution in [0.15, 0.2) is 54.9 Å². The molecule has 0 aliphatic rings. The van der Waals surface area contributed by atoms with E-state index in [0.717, 1.165) is 11.1 Å². The smallest absolute Gasteiger partial charge is 0.235 e. The second-order valence-electron chi connectivity index (χ2n) is 4.10. The van der Waals surface area contributed by atoms with Crippen LogP contribution < -0.4 is 11.5 Å². The molecule has 1 amide bonds. The lowest BCUT2D eigenvalue weighted by atomic mass is 9.85. The third-order valence-corrected chi connectivity index (χ3v) is 2.91. The van der Waals surface area contributed by atoms with Crippen LogP contribution in [0.2, 0.25) is 0 Å². The van der Waals surface area contributed by atoms with Gasteiger partial charge in [0.1, 0.15) is 0 Å². The molecule has 1 aromatic heterocycles. The van der Waals surface area contributed by atoms with Gasteiger partial charge in [-0.3, -0.25) is 9.78 Å². The molecule has 0 spiro atoms. The van der Waals surface area contributed by atoms with E-state index in [4.69, 9.17) is 11.5 Å². The minimum absolute atomic E-state index is 0.244. The number of nitrogens with zero attached hydrogens (tertiary/aromatic N) is 1. The van der Waals surface area contributed by atoms with Crippen molar-refractivity contribution >= 4 is 5.91 Å². The van der Waals surface area contributed by atoms with E-state index in [1.54, 1.807) is 12.4 Å². The first-order chi connectivity index (χ1) is 8.70. The second kappa shape index (κ2) is 5.42. The zero-order valence-corrected chi connectivity index (χ0v) is 9.86. The van der Waals surface area contributed by atoms with Crippen molar-refractivity contribution in [2.75, 3.05) is 0 Å². The van der Waals surface area contributed by atoms with Gasteiger partial charge in [0, 0.05) is 18.3 Å². The molecule has 0 bridgehead atoms. The average molecular weight is 241 g/mol. The first kappa shape index (κ1) is 12.3. The summed E-state index contributed by atoms with van der Waals surface area (Å²) in [5.74, 6) is -0.757. The SMILES string of the molecule is NC(=O)[C@@H](N)C(c1ccccc1)c1ccncc1. The Balaban J connectivity index is 2.45. The highest BCUT2D eigenvalue weighted by Crippen LogP contribution is 2.26. The zero-order valence-electron chi connectivity index (χ0n) is 9.86. The van der Waals surface area contributed by atoms with Crippen LogP contribution in [0.5, 0.6) is 0 Å². The number of benzene rings is 1. The summed E-state index contributed by atoms with van der Waals surface area (Å²) in [6, 6.07) is 12.6. The Labute approximate surface area is 106 Å². The van der Waals surface area contributed by atoms with Crippen molar-refractivity contribution in [1.29, 1.82) is 0 Å². The summed E-state index contributed by atoms with van der Waals surface area (Å²) < 4.78 is 0. The quantitative estimate of drug-likeness (QED) is 0.838. The molecular weight excluding hydrogens is 226 g/mol. The molecule has 92 valence electrons. The van der Waals surface area contributed by atoms with E-state index >= 15 is 0 Å². The van der Waals surface area contributed by atoms with Crippen molar-refractivity contribution in [2.24, 2.45) is 11.5 Å². The highest BCUT2D eigenvalue weighted by atomic mass is 16.1. The summed E-state index contributed by atoms with van der Waals surface area (Å²) in [5, 5.41) is 0. The minimum Gasteiger partial charge on any atom is -0.368 e. The number of pyridine rings is 1. The van der Waals surface area contributed by atoms with Gasteiger partial charge in [-0.15, -0.1) is 0 Å². The number of hydrogen-bond donors (Lipinski definition) is 2. The van der Waals surface area contributed by atoms with Gasteiger partial charge in [0.05, 0.1) is 6.04 Å². The van der Waals surface area contributed by atoms with Crippen molar-refractivity contribution in [3.8, 4) is 0 Å². The zero-order chi connectivity index (χ0) is 13.0. The summed E-state index contributed by atoms with van der Waals surface area (Å²) in [4.78, 5) is 15.3. The fourth-order valence-electron chi connectivity index (χ4n) is 2.00. The first-order valence-corrected chi connectivity index (χ1v) is 5.70. The van der Waals surface area contributed by atoms with Crippen LogP contribution in [0.1, 0.15) is 17.0 Å². The standard InChI is InChI=1S/C14H15N3O/c15-13(14(16)18)12(10-4-2-1-3-5-10)11-6-8-17-9-7-11/h1-9,12-13H,15H2,(H2,16,18)/t12?,13-/m0/s1. The fraction of sp³-hybridized carbons (Fsp3) is 0.143. The number of hydrogen-bond acceptors (Lipinski definition) is 3. The molecule has 18 heavy (non-hydrogen) atoms. The Morgan fingerprint density at radius 1 is 1.00 bits per heavy atom. The molecule has 4 heteroatoms. The fourth-order valence-corrected chi connectivity index (χ4v) is 2.00. The van der Waals surface area contributed by atoms with Crippen LogP contribution in [0.25, 0.3) is 0 Å². The van der Waals surface area contributed by atoms with Gasteiger partial charge < -0.3 is 11.5 Å². The Morgan fingerprint density at radius 3 is 2.11 bits per heavy atom. The average Bonchev–Trinajstić information content (AvgIpc) is 2.41. The third-order valence-electron chi connectivity index (χ3n) is 2.91. The summed E-state index contributed by atoms with van der Waals surface area (Å²) in [7, 11) is 0. The van der Waals surface area contributed by atoms with Crippen molar-refractivity contribution in [1.82, 2.24) is 4.98 Å². The van der Waals surface area contributed by atoms with Crippen molar-refractivity contribution in [3.63, 3.8) is 0 Å². The van der Waals surface area contributed by atoms with Gasteiger partial charge in [-0.1, -0.05) is 30.3 Å². The second-order valence-corrected chi connectivity index (χ2v) is 4.10. The number of carbonyl (C=O) groups excluding carboxylic acids is 1.